The highest BCUT2D eigenvalue weighted by Crippen LogP contribution is 2.27. The van der Waals surface area contributed by atoms with Crippen LogP contribution in [0.2, 0.25) is 0 Å². The Hall–Kier alpha value is -4.07. The summed E-state index contributed by atoms with van der Waals surface area (Å²) in [6, 6.07) is 19.7. The molecule has 0 radical (unpaired) electrons. The number of nitrogens with one attached hydrogen (secondary N) is 1. The van der Waals surface area contributed by atoms with Crippen molar-refractivity contribution in [1.29, 1.82) is 0 Å². The van der Waals surface area contributed by atoms with Crippen LogP contribution in [-0.4, -0.2) is 49.1 Å². The maximum absolute atomic E-state index is 14.7. The molecule has 0 bridgehead atoms. The molecule has 0 saturated carbocycles. The van der Waals surface area contributed by atoms with Crippen molar-refractivity contribution < 1.29 is 28.2 Å². The second-order valence-electron chi connectivity index (χ2n) is 9.89. The van der Waals surface area contributed by atoms with Crippen molar-refractivity contribution in [3.8, 4) is 17.2 Å². The lowest BCUT2D eigenvalue weighted by Crippen LogP contribution is -2.55. The molecule has 1 N–H and O–H groups in total. The molecule has 0 heterocycles. The molecular weight excluding hydrogens is 487 g/mol. The van der Waals surface area contributed by atoms with E-state index in [4.69, 9.17) is 14.2 Å². The molecule has 7 nitrogen and oxygen atoms in total. The normalized spacial score (nSPS) is 11.8. The molecule has 0 aliphatic heterocycles. The van der Waals surface area contributed by atoms with Crippen LogP contribution in [-0.2, 0) is 22.6 Å². The summed E-state index contributed by atoms with van der Waals surface area (Å²) in [5.41, 5.74) is 0.628. The number of methoxy groups -OCH3 is 2. The quantitative estimate of drug-likeness (QED) is 0.392. The number of nitrogens with zero attached hydrogens (tertiary/aromatic N) is 1. The van der Waals surface area contributed by atoms with Crippen LogP contribution in [0.3, 0.4) is 0 Å². The number of amides is 2. The summed E-state index contributed by atoms with van der Waals surface area (Å²) in [5, 5.41) is 2.98. The van der Waals surface area contributed by atoms with E-state index in [-0.39, 0.29) is 25.5 Å². The molecular formula is C30H35FN2O5. The molecule has 0 unspecified atom stereocenters. The van der Waals surface area contributed by atoms with Crippen molar-refractivity contribution in [2.45, 2.75) is 45.3 Å². The number of hydrogen-bond acceptors (Lipinski definition) is 5. The van der Waals surface area contributed by atoms with E-state index >= 15 is 0 Å². The number of ether oxygens (including phenoxy) is 3. The Labute approximate surface area is 223 Å². The lowest BCUT2D eigenvalue weighted by atomic mass is 10.0. The van der Waals surface area contributed by atoms with E-state index in [2.05, 4.69) is 5.32 Å². The van der Waals surface area contributed by atoms with Gasteiger partial charge in [0.1, 0.15) is 29.1 Å². The SMILES string of the molecule is COc1cc(OC)cc(OCC(=O)N(Cc2ccccc2F)[C@H](Cc2ccccc2)C(=O)NC(C)(C)C)c1. The minimum atomic E-state index is -0.910. The van der Waals surface area contributed by atoms with Gasteiger partial charge in [0.05, 0.1) is 14.2 Å². The van der Waals surface area contributed by atoms with Crippen LogP contribution in [0.4, 0.5) is 4.39 Å². The van der Waals surface area contributed by atoms with Gasteiger partial charge in [-0.1, -0.05) is 48.5 Å². The molecule has 8 heteroatoms. The standard InChI is InChI=1S/C30H35FN2O5/c1-30(2,3)32-29(35)27(15-21-11-7-6-8-12-21)33(19-22-13-9-10-14-26(22)31)28(34)20-38-25-17-23(36-4)16-24(18-25)37-5/h6-14,16-18,27H,15,19-20H2,1-5H3,(H,32,35)/t27-/m1/s1. The average Bonchev–Trinajstić information content (AvgIpc) is 2.89. The average molecular weight is 523 g/mol. The number of hydrogen-bond donors (Lipinski definition) is 1. The molecule has 3 aromatic rings. The smallest absolute Gasteiger partial charge is 0.261 e. The minimum Gasteiger partial charge on any atom is -0.496 e. The first-order valence-electron chi connectivity index (χ1n) is 12.3. The Kier molecular flexibility index (Phi) is 9.71. The van der Waals surface area contributed by atoms with Gasteiger partial charge >= 0.3 is 0 Å². The van der Waals surface area contributed by atoms with Crippen LogP contribution in [0.1, 0.15) is 31.9 Å². The third kappa shape index (κ3) is 8.23. The van der Waals surface area contributed by atoms with Crippen LogP contribution in [0, 0.1) is 5.82 Å². The zero-order valence-electron chi connectivity index (χ0n) is 22.5. The van der Waals surface area contributed by atoms with Crippen molar-refractivity contribution in [2.75, 3.05) is 20.8 Å². The monoisotopic (exact) mass is 522 g/mol. The van der Waals surface area contributed by atoms with Crippen LogP contribution < -0.4 is 19.5 Å². The Bertz CT molecular complexity index is 1200. The maximum Gasteiger partial charge on any atom is 0.261 e. The zero-order chi connectivity index (χ0) is 27.7. The van der Waals surface area contributed by atoms with Crippen molar-refractivity contribution in [3.63, 3.8) is 0 Å². The molecule has 202 valence electrons. The van der Waals surface area contributed by atoms with Crippen LogP contribution in [0.5, 0.6) is 17.2 Å². The van der Waals surface area contributed by atoms with Crippen LogP contribution in [0.25, 0.3) is 0 Å². The fraction of sp³-hybridized carbons (Fsp3) is 0.333. The highest BCUT2D eigenvalue weighted by Gasteiger charge is 2.33. The molecule has 3 rings (SSSR count). The Morgan fingerprint density at radius 2 is 1.47 bits per heavy atom. The van der Waals surface area contributed by atoms with Gasteiger partial charge in [-0.25, -0.2) is 4.39 Å². The van der Waals surface area contributed by atoms with Crippen molar-refractivity contribution in [3.05, 3.63) is 89.7 Å². The van der Waals surface area contributed by atoms with Gasteiger partial charge in [-0.05, 0) is 32.4 Å². The summed E-state index contributed by atoms with van der Waals surface area (Å²) in [5.74, 6) is 0.0924. The Morgan fingerprint density at radius 3 is 2.05 bits per heavy atom. The van der Waals surface area contributed by atoms with Gasteiger partial charge in [0.25, 0.3) is 5.91 Å². The third-order valence-corrected chi connectivity index (χ3v) is 5.76. The Morgan fingerprint density at radius 1 is 0.895 bits per heavy atom. The molecule has 2 amide bonds. The number of carbonyl (C=O) groups is 2. The highest BCUT2D eigenvalue weighted by molar-refractivity contribution is 5.89. The lowest BCUT2D eigenvalue weighted by Gasteiger charge is -2.33. The van der Waals surface area contributed by atoms with Gasteiger partial charge in [0.2, 0.25) is 5.91 Å². The zero-order valence-corrected chi connectivity index (χ0v) is 22.5. The largest absolute Gasteiger partial charge is 0.496 e. The number of benzene rings is 3. The van der Waals surface area contributed by atoms with E-state index in [1.165, 1.54) is 25.2 Å². The van der Waals surface area contributed by atoms with Gasteiger partial charge in [0.15, 0.2) is 6.61 Å². The fourth-order valence-corrected chi connectivity index (χ4v) is 3.91. The van der Waals surface area contributed by atoms with Crippen molar-refractivity contribution in [2.24, 2.45) is 0 Å². The Balaban J connectivity index is 1.95. The van der Waals surface area contributed by atoms with E-state index in [1.807, 2.05) is 51.1 Å². The van der Waals surface area contributed by atoms with Crippen molar-refractivity contribution in [1.82, 2.24) is 10.2 Å². The second-order valence-corrected chi connectivity index (χ2v) is 9.89. The summed E-state index contributed by atoms with van der Waals surface area (Å²) in [6.07, 6.45) is 0.246. The van der Waals surface area contributed by atoms with E-state index in [0.717, 1.165) is 5.56 Å². The summed E-state index contributed by atoms with van der Waals surface area (Å²) < 4.78 is 31.1. The summed E-state index contributed by atoms with van der Waals surface area (Å²) in [4.78, 5) is 28.6. The van der Waals surface area contributed by atoms with Crippen LogP contribution in [0.15, 0.2) is 72.8 Å². The molecule has 0 saturated heterocycles. The molecule has 0 fully saturated rings. The molecule has 0 aromatic heterocycles. The van der Waals surface area contributed by atoms with Gasteiger partial charge < -0.3 is 24.4 Å². The van der Waals surface area contributed by atoms with Gasteiger partial charge in [-0.2, -0.15) is 0 Å². The highest BCUT2D eigenvalue weighted by atomic mass is 19.1. The first-order chi connectivity index (χ1) is 18.1. The first kappa shape index (κ1) is 28.5. The topological polar surface area (TPSA) is 77.1 Å². The lowest BCUT2D eigenvalue weighted by molar-refractivity contribution is -0.143. The predicted molar refractivity (Wildman–Crippen MR) is 144 cm³/mol. The fourth-order valence-electron chi connectivity index (χ4n) is 3.91. The summed E-state index contributed by atoms with van der Waals surface area (Å²) >= 11 is 0. The minimum absolute atomic E-state index is 0.106. The van der Waals surface area contributed by atoms with E-state index in [9.17, 15) is 14.0 Å². The molecule has 0 aliphatic carbocycles. The van der Waals surface area contributed by atoms with Gasteiger partial charge in [-0.15, -0.1) is 0 Å². The molecule has 0 aliphatic rings. The van der Waals surface area contributed by atoms with E-state index in [0.29, 0.717) is 22.8 Å². The summed E-state index contributed by atoms with van der Waals surface area (Å²) in [7, 11) is 3.03. The number of carbonyl (C=O) groups excluding carboxylic acids is 2. The molecule has 3 aromatic carbocycles. The van der Waals surface area contributed by atoms with Gasteiger partial charge in [0, 0.05) is 42.3 Å². The van der Waals surface area contributed by atoms with Crippen molar-refractivity contribution >= 4 is 11.8 Å². The van der Waals surface area contributed by atoms with E-state index in [1.54, 1.807) is 36.4 Å². The van der Waals surface area contributed by atoms with Gasteiger partial charge in [-0.3, -0.25) is 9.59 Å². The maximum atomic E-state index is 14.7. The van der Waals surface area contributed by atoms with E-state index < -0.39 is 23.3 Å². The molecule has 38 heavy (non-hydrogen) atoms. The summed E-state index contributed by atoms with van der Waals surface area (Å²) in [6.45, 7) is 5.12. The molecule has 0 spiro atoms. The second kappa shape index (κ2) is 12.9. The third-order valence-electron chi connectivity index (χ3n) is 5.76. The first-order valence-corrected chi connectivity index (χ1v) is 12.3. The van der Waals surface area contributed by atoms with Crippen LogP contribution >= 0.6 is 0 Å². The molecule has 1 atom stereocenters. The number of halogens is 1. The number of rotatable bonds is 11. The predicted octanol–water partition coefficient (Wildman–Crippen LogP) is 4.78.